The summed E-state index contributed by atoms with van der Waals surface area (Å²) in [6.07, 6.45) is 1.67. The van der Waals surface area contributed by atoms with Crippen molar-refractivity contribution in [1.82, 2.24) is 0 Å². The summed E-state index contributed by atoms with van der Waals surface area (Å²) in [5, 5.41) is 0. The minimum absolute atomic E-state index is 0.142. The van der Waals surface area contributed by atoms with Gasteiger partial charge in [0, 0.05) is 0 Å². The summed E-state index contributed by atoms with van der Waals surface area (Å²) in [5.74, 6) is -0.493. The zero-order valence-electron chi connectivity index (χ0n) is 11.4. The Bertz CT molecular complexity index is 700. The van der Waals surface area contributed by atoms with Gasteiger partial charge in [0.05, 0.1) is 10.6 Å². The van der Waals surface area contributed by atoms with E-state index in [-0.39, 0.29) is 10.6 Å². The Morgan fingerprint density at radius 3 is 2.43 bits per heavy atom. The van der Waals surface area contributed by atoms with E-state index in [0.29, 0.717) is 6.54 Å². The fourth-order valence-electron chi connectivity index (χ4n) is 1.91. The summed E-state index contributed by atoms with van der Waals surface area (Å²) in [5.41, 5.74) is 6.67. The normalized spacial score (nSPS) is 11.3. The van der Waals surface area contributed by atoms with E-state index >= 15 is 0 Å². The highest BCUT2D eigenvalue weighted by atomic mass is 32.2. The van der Waals surface area contributed by atoms with E-state index in [1.54, 1.807) is 12.1 Å². The van der Waals surface area contributed by atoms with Gasteiger partial charge in [0.2, 0.25) is 0 Å². The largest absolute Gasteiger partial charge is 0.330 e. The van der Waals surface area contributed by atoms with Crippen LogP contribution < -0.4 is 10.5 Å². The van der Waals surface area contributed by atoms with E-state index in [1.165, 1.54) is 30.3 Å². The molecule has 0 aliphatic heterocycles. The molecule has 4 nitrogen and oxygen atoms in total. The molecule has 0 aromatic heterocycles. The third-order valence-electron chi connectivity index (χ3n) is 2.98. The molecule has 3 N–H and O–H groups in total. The van der Waals surface area contributed by atoms with Crippen LogP contribution >= 0.6 is 0 Å². The Labute approximate surface area is 123 Å². The molecule has 0 saturated heterocycles. The molecule has 2 aromatic rings. The van der Waals surface area contributed by atoms with Gasteiger partial charge < -0.3 is 5.73 Å². The molecule has 0 unspecified atom stereocenters. The van der Waals surface area contributed by atoms with Crippen molar-refractivity contribution in [3.05, 3.63) is 59.9 Å². The Hall–Kier alpha value is -1.92. The third kappa shape index (κ3) is 4.27. The number of hydrogen-bond acceptors (Lipinski definition) is 3. The van der Waals surface area contributed by atoms with Crippen molar-refractivity contribution in [2.45, 2.75) is 17.7 Å². The number of hydrogen-bond donors (Lipinski definition) is 2. The van der Waals surface area contributed by atoms with Crippen molar-refractivity contribution >= 4 is 15.7 Å². The standard InChI is InChI=1S/C15H17FN2O2S/c16-13-4-1-5-14(11-13)18-21(19,20)15-8-6-12(7-9-15)3-2-10-17/h1,4-9,11,18H,2-3,10,17H2. The number of rotatable bonds is 6. The topological polar surface area (TPSA) is 72.2 Å². The zero-order chi connectivity index (χ0) is 15.3. The molecule has 0 amide bonds. The molecule has 0 saturated carbocycles. The molecular formula is C15H17FN2O2S. The summed E-state index contributed by atoms with van der Waals surface area (Å²) in [6, 6.07) is 11.9. The Morgan fingerprint density at radius 2 is 1.81 bits per heavy atom. The van der Waals surface area contributed by atoms with Gasteiger partial charge in [0.1, 0.15) is 5.82 Å². The molecular weight excluding hydrogens is 291 g/mol. The summed E-state index contributed by atoms with van der Waals surface area (Å²) in [6.45, 7) is 0.598. The molecule has 0 bridgehead atoms. The molecule has 21 heavy (non-hydrogen) atoms. The highest BCUT2D eigenvalue weighted by Crippen LogP contribution is 2.17. The molecule has 112 valence electrons. The van der Waals surface area contributed by atoms with Crippen LogP contribution in [-0.2, 0) is 16.4 Å². The molecule has 0 radical (unpaired) electrons. The maximum absolute atomic E-state index is 13.1. The molecule has 0 aliphatic rings. The smallest absolute Gasteiger partial charge is 0.261 e. The summed E-state index contributed by atoms with van der Waals surface area (Å²) >= 11 is 0. The molecule has 0 atom stereocenters. The van der Waals surface area contributed by atoms with Crippen molar-refractivity contribution in [2.24, 2.45) is 5.73 Å². The van der Waals surface area contributed by atoms with Crippen molar-refractivity contribution in [2.75, 3.05) is 11.3 Å². The van der Waals surface area contributed by atoms with E-state index in [4.69, 9.17) is 5.73 Å². The van der Waals surface area contributed by atoms with Crippen LogP contribution in [0.4, 0.5) is 10.1 Å². The van der Waals surface area contributed by atoms with Gasteiger partial charge in [-0.15, -0.1) is 0 Å². The Morgan fingerprint density at radius 1 is 1.10 bits per heavy atom. The monoisotopic (exact) mass is 308 g/mol. The number of nitrogens with one attached hydrogen (secondary N) is 1. The molecule has 0 heterocycles. The van der Waals surface area contributed by atoms with E-state index in [2.05, 4.69) is 4.72 Å². The SMILES string of the molecule is NCCCc1ccc(S(=O)(=O)Nc2cccc(F)c2)cc1. The van der Waals surface area contributed by atoms with Gasteiger partial charge in [-0.1, -0.05) is 18.2 Å². The van der Waals surface area contributed by atoms with Gasteiger partial charge in [-0.05, 0) is 55.3 Å². The zero-order valence-corrected chi connectivity index (χ0v) is 12.2. The highest BCUT2D eigenvalue weighted by molar-refractivity contribution is 7.92. The number of nitrogens with two attached hydrogens (primary N) is 1. The second kappa shape index (κ2) is 6.69. The molecule has 0 fully saturated rings. The third-order valence-corrected chi connectivity index (χ3v) is 4.38. The molecule has 0 aliphatic carbocycles. The van der Waals surface area contributed by atoms with E-state index in [9.17, 15) is 12.8 Å². The maximum Gasteiger partial charge on any atom is 0.261 e. The first-order chi connectivity index (χ1) is 10.0. The first-order valence-corrected chi connectivity index (χ1v) is 8.07. The highest BCUT2D eigenvalue weighted by Gasteiger charge is 2.14. The summed E-state index contributed by atoms with van der Waals surface area (Å²) < 4.78 is 39.8. The van der Waals surface area contributed by atoms with Gasteiger partial charge in [0.25, 0.3) is 10.0 Å². The molecule has 2 aromatic carbocycles. The lowest BCUT2D eigenvalue weighted by molar-refractivity contribution is 0.601. The first kappa shape index (κ1) is 15.5. The van der Waals surface area contributed by atoms with Crippen LogP contribution in [0.25, 0.3) is 0 Å². The molecule has 0 spiro atoms. The van der Waals surface area contributed by atoms with Gasteiger partial charge in [-0.2, -0.15) is 0 Å². The lowest BCUT2D eigenvalue weighted by Crippen LogP contribution is -2.13. The molecule has 2 rings (SSSR count). The number of anilines is 1. The van der Waals surface area contributed by atoms with Crippen LogP contribution in [-0.4, -0.2) is 15.0 Å². The van der Waals surface area contributed by atoms with Crippen molar-refractivity contribution in [1.29, 1.82) is 0 Å². The number of aryl methyl sites for hydroxylation is 1. The predicted molar refractivity (Wildman–Crippen MR) is 81.0 cm³/mol. The van der Waals surface area contributed by atoms with Crippen LogP contribution in [0.5, 0.6) is 0 Å². The predicted octanol–water partition coefficient (Wildman–Crippen LogP) is 2.52. The number of benzene rings is 2. The quantitative estimate of drug-likeness (QED) is 0.861. The summed E-state index contributed by atoms with van der Waals surface area (Å²) in [4.78, 5) is 0.142. The fourth-order valence-corrected chi connectivity index (χ4v) is 2.96. The van der Waals surface area contributed by atoms with Crippen LogP contribution in [0.3, 0.4) is 0 Å². The fraction of sp³-hybridized carbons (Fsp3) is 0.200. The van der Waals surface area contributed by atoms with Gasteiger partial charge >= 0.3 is 0 Å². The van der Waals surface area contributed by atoms with Crippen molar-refractivity contribution in [3.8, 4) is 0 Å². The van der Waals surface area contributed by atoms with Crippen molar-refractivity contribution < 1.29 is 12.8 Å². The first-order valence-electron chi connectivity index (χ1n) is 6.59. The minimum atomic E-state index is -3.71. The lowest BCUT2D eigenvalue weighted by atomic mass is 10.1. The van der Waals surface area contributed by atoms with Crippen molar-refractivity contribution in [3.63, 3.8) is 0 Å². The second-order valence-electron chi connectivity index (χ2n) is 4.65. The van der Waals surface area contributed by atoms with E-state index in [1.807, 2.05) is 0 Å². The Kier molecular flexibility index (Phi) is 4.93. The molecule has 6 heteroatoms. The minimum Gasteiger partial charge on any atom is -0.330 e. The maximum atomic E-state index is 13.1. The van der Waals surface area contributed by atoms with Gasteiger partial charge in [-0.25, -0.2) is 12.8 Å². The second-order valence-corrected chi connectivity index (χ2v) is 6.33. The van der Waals surface area contributed by atoms with E-state index < -0.39 is 15.8 Å². The lowest BCUT2D eigenvalue weighted by Gasteiger charge is -2.09. The average Bonchev–Trinajstić information content (AvgIpc) is 2.45. The van der Waals surface area contributed by atoms with Crippen LogP contribution in [0.15, 0.2) is 53.4 Å². The summed E-state index contributed by atoms with van der Waals surface area (Å²) in [7, 11) is -3.71. The number of sulfonamides is 1. The average molecular weight is 308 g/mol. The van der Waals surface area contributed by atoms with Gasteiger partial charge in [0.15, 0.2) is 0 Å². The van der Waals surface area contributed by atoms with Crippen LogP contribution in [0, 0.1) is 5.82 Å². The number of halogens is 1. The van der Waals surface area contributed by atoms with Crippen LogP contribution in [0.2, 0.25) is 0 Å². The van der Waals surface area contributed by atoms with Gasteiger partial charge in [-0.3, -0.25) is 4.72 Å². The Balaban J connectivity index is 2.15. The van der Waals surface area contributed by atoms with E-state index in [0.717, 1.165) is 24.5 Å². The van der Waals surface area contributed by atoms with Crippen LogP contribution in [0.1, 0.15) is 12.0 Å².